The van der Waals surface area contributed by atoms with Crippen LogP contribution in [-0.2, 0) is 9.59 Å². The number of carbonyl (C=O) groups is 2. The SMILES string of the molecule is CC(=O)NC(C(=O)O)c1nn[nH]n1. The van der Waals surface area contributed by atoms with Gasteiger partial charge in [-0.3, -0.25) is 4.79 Å². The number of aromatic amines is 1. The number of carboxylic acid groups (broad SMARTS) is 1. The molecule has 1 unspecified atom stereocenters. The summed E-state index contributed by atoms with van der Waals surface area (Å²) in [6.07, 6.45) is 0. The Bertz CT molecular complexity index is 308. The minimum absolute atomic E-state index is 0.0808. The van der Waals surface area contributed by atoms with E-state index in [0.29, 0.717) is 0 Å². The normalized spacial score (nSPS) is 12.1. The van der Waals surface area contributed by atoms with Gasteiger partial charge in [0.15, 0.2) is 6.04 Å². The maximum Gasteiger partial charge on any atom is 0.334 e. The lowest BCUT2D eigenvalue weighted by molar-refractivity contribution is -0.142. The molecule has 0 aliphatic carbocycles. The molecule has 1 atom stereocenters. The summed E-state index contributed by atoms with van der Waals surface area (Å²) in [5.74, 6) is -1.79. The molecule has 13 heavy (non-hydrogen) atoms. The first kappa shape index (κ1) is 9.10. The summed E-state index contributed by atoms with van der Waals surface area (Å²) in [6.45, 7) is 1.20. The van der Waals surface area contributed by atoms with Crippen LogP contribution in [0.2, 0.25) is 0 Å². The first-order valence-electron chi connectivity index (χ1n) is 3.34. The van der Waals surface area contributed by atoms with Crippen LogP contribution in [0, 0.1) is 0 Å². The summed E-state index contributed by atoms with van der Waals surface area (Å²) in [7, 11) is 0. The third-order valence-electron chi connectivity index (χ3n) is 1.21. The van der Waals surface area contributed by atoms with E-state index in [2.05, 4.69) is 25.9 Å². The molecule has 0 aromatic carbocycles. The van der Waals surface area contributed by atoms with Gasteiger partial charge >= 0.3 is 5.97 Å². The molecule has 0 radical (unpaired) electrons. The van der Waals surface area contributed by atoms with Gasteiger partial charge in [0.1, 0.15) is 0 Å². The maximum absolute atomic E-state index is 10.6. The van der Waals surface area contributed by atoms with E-state index >= 15 is 0 Å². The molecule has 3 N–H and O–H groups in total. The number of hydrogen-bond acceptors (Lipinski definition) is 5. The lowest BCUT2D eigenvalue weighted by atomic mass is 10.3. The fourth-order valence-electron chi connectivity index (χ4n) is 0.732. The first-order valence-corrected chi connectivity index (χ1v) is 3.34. The van der Waals surface area contributed by atoms with Crippen molar-refractivity contribution >= 4 is 11.9 Å². The zero-order chi connectivity index (χ0) is 9.84. The number of aliphatic carboxylic acids is 1. The van der Waals surface area contributed by atoms with Crippen LogP contribution in [0.3, 0.4) is 0 Å². The zero-order valence-electron chi connectivity index (χ0n) is 6.68. The molecule has 1 aromatic rings. The van der Waals surface area contributed by atoms with E-state index in [0.717, 1.165) is 0 Å². The monoisotopic (exact) mass is 185 g/mol. The standard InChI is InChI=1S/C5H7N5O3/c1-2(11)6-3(5(12)13)4-7-9-10-8-4/h3H,1H3,(H,6,11)(H,12,13)(H,7,8,9,10). The van der Waals surface area contributed by atoms with Gasteiger partial charge in [0.25, 0.3) is 0 Å². The van der Waals surface area contributed by atoms with Crippen molar-refractivity contribution in [2.75, 3.05) is 0 Å². The predicted octanol–water partition coefficient (Wildman–Crippen LogP) is -1.54. The summed E-state index contributed by atoms with van der Waals surface area (Å²) in [4.78, 5) is 21.2. The van der Waals surface area contributed by atoms with Gasteiger partial charge in [-0.15, -0.1) is 10.2 Å². The van der Waals surface area contributed by atoms with Crippen LogP contribution in [0.15, 0.2) is 0 Å². The van der Waals surface area contributed by atoms with E-state index in [1.165, 1.54) is 6.92 Å². The Morgan fingerprint density at radius 3 is 2.69 bits per heavy atom. The topological polar surface area (TPSA) is 121 Å². The minimum atomic E-state index is -1.25. The molecule has 1 rings (SSSR count). The third-order valence-corrected chi connectivity index (χ3v) is 1.21. The fraction of sp³-hybridized carbons (Fsp3) is 0.400. The molecule has 0 aliphatic heterocycles. The number of carbonyl (C=O) groups excluding carboxylic acids is 1. The second kappa shape index (κ2) is 3.61. The van der Waals surface area contributed by atoms with Crippen molar-refractivity contribution in [3.63, 3.8) is 0 Å². The smallest absolute Gasteiger partial charge is 0.334 e. The maximum atomic E-state index is 10.6. The van der Waals surface area contributed by atoms with Crippen LogP contribution in [0.5, 0.6) is 0 Å². The molecular formula is C5H7N5O3. The van der Waals surface area contributed by atoms with Gasteiger partial charge in [0.2, 0.25) is 11.7 Å². The zero-order valence-corrected chi connectivity index (χ0v) is 6.68. The number of rotatable bonds is 3. The molecule has 8 heteroatoms. The summed E-state index contributed by atoms with van der Waals surface area (Å²) >= 11 is 0. The minimum Gasteiger partial charge on any atom is -0.479 e. The van der Waals surface area contributed by atoms with Crippen LogP contribution < -0.4 is 5.32 Å². The van der Waals surface area contributed by atoms with Crippen LogP contribution in [0.25, 0.3) is 0 Å². The molecule has 0 fully saturated rings. The molecule has 0 aliphatic rings. The molecule has 1 aromatic heterocycles. The molecular weight excluding hydrogens is 178 g/mol. The Hall–Kier alpha value is -1.99. The van der Waals surface area contributed by atoms with Crippen molar-refractivity contribution in [2.24, 2.45) is 0 Å². The highest BCUT2D eigenvalue weighted by molar-refractivity contribution is 5.82. The number of carboxylic acids is 1. The fourth-order valence-corrected chi connectivity index (χ4v) is 0.732. The summed E-state index contributed by atoms with van der Waals surface area (Å²) in [5, 5.41) is 23.0. The predicted molar refractivity (Wildman–Crippen MR) is 38.4 cm³/mol. The second-order valence-electron chi connectivity index (χ2n) is 2.24. The van der Waals surface area contributed by atoms with Gasteiger partial charge in [-0.05, 0) is 0 Å². The quantitative estimate of drug-likeness (QED) is 0.524. The van der Waals surface area contributed by atoms with Gasteiger partial charge in [-0.2, -0.15) is 5.21 Å². The Morgan fingerprint density at radius 2 is 2.31 bits per heavy atom. The summed E-state index contributed by atoms with van der Waals surface area (Å²) < 4.78 is 0. The summed E-state index contributed by atoms with van der Waals surface area (Å²) in [5.41, 5.74) is 0. The van der Waals surface area contributed by atoms with Crippen molar-refractivity contribution in [3.05, 3.63) is 5.82 Å². The number of tetrazole rings is 1. The van der Waals surface area contributed by atoms with E-state index in [4.69, 9.17) is 5.11 Å². The number of hydrogen-bond donors (Lipinski definition) is 3. The largest absolute Gasteiger partial charge is 0.479 e. The number of H-pyrrole nitrogens is 1. The van der Waals surface area contributed by atoms with Crippen LogP contribution in [0.1, 0.15) is 18.8 Å². The molecule has 0 saturated heterocycles. The highest BCUT2D eigenvalue weighted by atomic mass is 16.4. The first-order chi connectivity index (χ1) is 6.11. The van der Waals surface area contributed by atoms with Gasteiger partial charge in [-0.1, -0.05) is 5.21 Å². The van der Waals surface area contributed by atoms with Crippen molar-refractivity contribution in [2.45, 2.75) is 13.0 Å². The van der Waals surface area contributed by atoms with Crippen molar-refractivity contribution in [1.82, 2.24) is 25.9 Å². The number of amides is 1. The van der Waals surface area contributed by atoms with Gasteiger partial charge in [0.05, 0.1) is 0 Å². The van der Waals surface area contributed by atoms with E-state index in [9.17, 15) is 9.59 Å². The van der Waals surface area contributed by atoms with Crippen molar-refractivity contribution < 1.29 is 14.7 Å². The average Bonchev–Trinajstić information content (AvgIpc) is 2.50. The van der Waals surface area contributed by atoms with E-state index in [1.54, 1.807) is 0 Å². The van der Waals surface area contributed by atoms with Gasteiger partial charge < -0.3 is 10.4 Å². The molecule has 70 valence electrons. The highest BCUT2D eigenvalue weighted by Crippen LogP contribution is 2.04. The molecule has 0 spiro atoms. The van der Waals surface area contributed by atoms with Crippen LogP contribution >= 0.6 is 0 Å². The molecule has 1 amide bonds. The Labute approximate surface area is 72.3 Å². The lowest BCUT2D eigenvalue weighted by Crippen LogP contribution is -2.32. The summed E-state index contributed by atoms with van der Waals surface area (Å²) in [6, 6.07) is -1.25. The molecule has 8 nitrogen and oxygen atoms in total. The van der Waals surface area contributed by atoms with Crippen molar-refractivity contribution in [1.29, 1.82) is 0 Å². The highest BCUT2D eigenvalue weighted by Gasteiger charge is 2.24. The number of aromatic nitrogens is 4. The molecule has 0 saturated carbocycles. The average molecular weight is 185 g/mol. The third kappa shape index (κ3) is 2.22. The Kier molecular flexibility index (Phi) is 2.52. The Balaban J connectivity index is 2.81. The van der Waals surface area contributed by atoms with E-state index in [-0.39, 0.29) is 5.82 Å². The van der Waals surface area contributed by atoms with E-state index < -0.39 is 17.9 Å². The molecule has 1 heterocycles. The molecule has 0 bridgehead atoms. The van der Waals surface area contributed by atoms with Gasteiger partial charge in [0, 0.05) is 6.92 Å². The second-order valence-corrected chi connectivity index (χ2v) is 2.24. The number of nitrogens with one attached hydrogen (secondary N) is 2. The van der Waals surface area contributed by atoms with Crippen LogP contribution in [-0.4, -0.2) is 37.6 Å². The Morgan fingerprint density at radius 1 is 1.62 bits per heavy atom. The van der Waals surface area contributed by atoms with E-state index in [1.807, 2.05) is 0 Å². The van der Waals surface area contributed by atoms with Gasteiger partial charge in [-0.25, -0.2) is 4.79 Å². The van der Waals surface area contributed by atoms with Crippen molar-refractivity contribution in [3.8, 4) is 0 Å². The number of nitrogens with zero attached hydrogens (tertiary/aromatic N) is 3. The lowest BCUT2D eigenvalue weighted by Gasteiger charge is -2.07. The van der Waals surface area contributed by atoms with Crippen LogP contribution in [0.4, 0.5) is 0 Å².